The standard InChI is InChI=1S/C26H23N3O3S2/c1-2-17-28-23-11-5-6-12-24(23)33-26(28)27-25(30)20-13-15-21(16-14-20)34(31,32)29-18-7-9-19-8-3-4-10-22(19)29/h2-6,8,10-16H,1,7,9,17-18H2. The first-order valence-corrected chi connectivity index (χ1v) is 13.2. The van der Waals surface area contributed by atoms with Crippen molar-refractivity contribution in [3.8, 4) is 0 Å². The molecule has 6 nitrogen and oxygen atoms in total. The van der Waals surface area contributed by atoms with E-state index in [1.54, 1.807) is 6.08 Å². The lowest BCUT2D eigenvalue weighted by Gasteiger charge is -2.30. The number of hydrogen-bond acceptors (Lipinski definition) is 4. The molecule has 1 amide bonds. The van der Waals surface area contributed by atoms with Gasteiger partial charge in [-0.2, -0.15) is 4.99 Å². The smallest absolute Gasteiger partial charge is 0.279 e. The predicted molar refractivity (Wildman–Crippen MR) is 136 cm³/mol. The first kappa shape index (κ1) is 22.3. The van der Waals surface area contributed by atoms with Crippen molar-refractivity contribution in [3.05, 3.63) is 101 Å². The number of hydrogen-bond donors (Lipinski definition) is 0. The maximum absolute atomic E-state index is 13.3. The second kappa shape index (κ2) is 9.04. The second-order valence-electron chi connectivity index (χ2n) is 8.00. The van der Waals surface area contributed by atoms with Crippen molar-refractivity contribution in [1.82, 2.24) is 4.57 Å². The van der Waals surface area contributed by atoms with E-state index >= 15 is 0 Å². The van der Waals surface area contributed by atoms with Gasteiger partial charge in [0.2, 0.25) is 0 Å². The second-order valence-corrected chi connectivity index (χ2v) is 10.9. The molecule has 0 fully saturated rings. The number of nitrogens with zero attached hydrogens (tertiary/aromatic N) is 3. The van der Waals surface area contributed by atoms with Gasteiger partial charge in [-0.1, -0.05) is 47.7 Å². The van der Waals surface area contributed by atoms with Gasteiger partial charge in [-0.3, -0.25) is 9.10 Å². The Morgan fingerprint density at radius 2 is 1.76 bits per heavy atom. The van der Waals surface area contributed by atoms with Gasteiger partial charge in [-0.05, 0) is 60.9 Å². The monoisotopic (exact) mass is 489 g/mol. The van der Waals surface area contributed by atoms with Crippen LogP contribution in [0.15, 0.2) is 95.3 Å². The maximum atomic E-state index is 13.3. The molecule has 0 bridgehead atoms. The summed E-state index contributed by atoms with van der Waals surface area (Å²) >= 11 is 1.43. The molecule has 0 N–H and O–H groups in total. The van der Waals surface area contributed by atoms with Crippen LogP contribution in [0.2, 0.25) is 0 Å². The summed E-state index contributed by atoms with van der Waals surface area (Å²) in [5.74, 6) is -0.420. The number of carbonyl (C=O) groups excluding carboxylic acids is 1. The minimum absolute atomic E-state index is 0.157. The Bertz CT molecular complexity index is 1560. The summed E-state index contributed by atoms with van der Waals surface area (Å²) < 4.78 is 31.1. The van der Waals surface area contributed by atoms with Gasteiger partial charge in [0.15, 0.2) is 4.80 Å². The maximum Gasteiger partial charge on any atom is 0.279 e. The summed E-state index contributed by atoms with van der Waals surface area (Å²) in [6.45, 7) is 4.77. The van der Waals surface area contributed by atoms with E-state index in [2.05, 4.69) is 11.6 Å². The molecule has 5 rings (SSSR count). The van der Waals surface area contributed by atoms with E-state index in [1.807, 2.05) is 53.1 Å². The molecule has 0 aliphatic carbocycles. The number of allylic oxidation sites excluding steroid dienone is 1. The SMILES string of the molecule is C=CCn1c(=NC(=O)c2ccc(S(=O)(=O)N3CCCc4ccccc43)cc2)sc2ccccc21. The highest BCUT2D eigenvalue weighted by Crippen LogP contribution is 2.31. The first-order chi connectivity index (χ1) is 16.5. The third kappa shape index (κ3) is 3.99. The number of rotatable bonds is 5. The van der Waals surface area contributed by atoms with Crippen molar-refractivity contribution in [2.24, 2.45) is 4.99 Å². The van der Waals surface area contributed by atoms with E-state index in [4.69, 9.17) is 0 Å². The molecule has 0 radical (unpaired) electrons. The number of sulfonamides is 1. The Hall–Kier alpha value is -3.49. The molecule has 3 aromatic carbocycles. The van der Waals surface area contributed by atoms with Crippen molar-refractivity contribution < 1.29 is 13.2 Å². The molecule has 8 heteroatoms. The Labute approximate surface area is 202 Å². The van der Waals surface area contributed by atoms with Gasteiger partial charge in [0, 0.05) is 18.7 Å². The Kier molecular flexibility index (Phi) is 5.93. The van der Waals surface area contributed by atoms with Gasteiger partial charge in [-0.25, -0.2) is 8.42 Å². The number of aromatic nitrogens is 1. The van der Waals surface area contributed by atoms with Gasteiger partial charge >= 0.3 is 0 Å². The van der Waals surface area contributed by atoms with Gasteiger partial charge in [0.05, 0.1) is 20.8 Å². The van der Waals surface area contributed by atoms with Crippen LogP contribution >= 0.6 is 11.3 Å². The molecule has 0 saturated heterocycles. The summed E-state index contributed by atoms with van der Waals surface area (Å²) in [7, 11) is -3.73. The highest BCUT2D eigenvalue weighted by Gasteiger charge is 2.29. The zero-order valence-corrected chi connectivity index (χ0v) is 20.1. The molecule has 1 aliphatic rings. The van der Waals surface area contributed by atoms with Crippen LogP contribution in [0.1, 0.15) is 22.3 Å². The number of anilines is 1. The van der Waals surface area contributed by atoms with Crippen molar-refractivity contribution in [2.45, 2.75) is 24.3 Å². The van der Waals surface area contributed by atoms with Crippen LogP contribution in [0.5, 0.6) is 0 Å². The van der Waals surface area contributed by atoms with Gasteiger partial charge in [0.1, 0.15) is 0 Å². The van der Waals surface area contributed by atoms with Crippen LogP contribution in [0.25, 0.3) is 10.2 Å². The van der Waals surface area contributed by atoms with Gasteiger partial charge in [0.25, 0.3) is 15.9 Å². The molecule has 1 aliphatic heterocycles. The van der Waals surface area contributed by atoms with Crippen molar-refractivity contribution >= 4 is 43.2 Å². The lowest BCUT2D eigenvalue weighted by atomic mass is 10.0. The molecule has 4 aromatic rings. The van der Waals surface area contributed by atoms with E-state index in [0.29, 0.717) is 23.5 Å². The predicted octanol–water partition coefficient (Wildman–Crippen LogP) is 4.77. The summed E-state index contributed by atoms with van der Waals surface area (Å²) in [5.41, 5.74) is 3.07. The molecule has 2 heterocycles. The third-order valence-electron chi connectivity index (χ3n) is 5.85. The van der Waals surface area contributed by atoms with Crippen LogP contribution in [0.3, 0.4) is 0 Å². The first-order valence-electron chi connectivity index (χ1n) is 11.0. The number of carbonyl (C=O) groups is 1. The molecular weight excluding hydrogens is 466 g/mol. The average Bonchev–Trinajstić information content (AvgIpc) is 3.20. The van der Waals surface area contributed by atoms with E-state index in [-0.39, 0.29) is 4.90 Å². The fourth-order valence-electron chi connectivity index (χ4n) is 4.21. The summed E-state index contributed by atoms with van der Waals surface area (Å²) in [5, 5.41) is 0. The largest absolute Gasteiger partial charge is 0.312 e. The number of fused-ring (bicyclic) bond motifs is 2. The van der Waals surface area contributed by atoms with Crippen LogP contribution in [-0.2, 0) is 23.0 Å². The molecule has 0 unspecified atom stereocenters. The normalized spacial score (nSPS) is 14.2. The van der Waals surface area contributed by atoms with E-state index in [1.165, 1.54) is 39.9 Å². The zero-order chi connectivity index (χ0) is 23.7. The number of thiazole rings is 1. The number of para-hydroxylation sites is 2. The molecule has 1 aromatic heterocycles. The summed E-state index contributed by atoms with van der Waals surface area (Å²) in [6, 6.07) is 21.5. The van der Waals surface area contributed by atoms with Crippen molar-refractivity contribution in [1.29, 1.82) is 0 Å². The van der Waals surface area contributed by atoms with Crippen molar-refractivity contribution in [3.63, 3.8) is 0 Å². The third-order valence-corrected chi connectivity index (χ3v) is 8.74. The van der Waals surface area contributed by atoms with Gasteiger partial charge < -0.3 is 4.57 Å². The minimum atomic E-state index is -3.73. The van der Waals surface area contributed by atoms with Gasteiger partial charge in [-0.15, -0.1) is 6.58 Å². The highest BCUT2D eigenvalue weighted by atomic mass is 32.2. The van der Waals surface area contributed by atoms with E-state index in [9.17, 15) is 13.2 Å². The average molecular weight is 490 g/mol. The van der Waals surface area contributed by atoms with E-state index in [0.717, 1.165) is 34.3 Å². The molecule has 0 atom stereocenters. The quantitative estimate of drug-likeness (QED) is 0.379. The summed E-state index contributed by atoms with van der Waals surface area (Å²) in [4.78, 5) is 18.0. The number of benzene rings is 3. The Morgan fingerprint density at radius 1 is 1.03 bits per heavy atom. The van der Waals surface area contributed by atoms with E-state index < -0.39 is 15.9 Å². The fraction of sp³-hybridized carbons (Fsp3) is 0.154. The number of aryl methyl sites for hydroxylation is 1. The zero-order valence-electron chi connectivity index (χ0n) is 18.4. The molecule has 0 saturated carbocycles. The Morgan fingerprint density at radius 3 is 2.56 bits per heavy atom. The molecule has 34 heavy (non-hydrogen) atoms. The van der Waals surface area contributed by atoms with Crippen LogP contribution in [-0.4, -0.2) is 25.4 Å². The minimum Gasteiger partial charge on any atom is -0.312 e. The lowest BCUT2D eigenvalue weighted by molar-refractivity contribution is 0.0998. The lowest BCUT2D eigenvalue weighted by Crippen LogP contribution is -2.35. The number of amides is 1. The van der Waals surface area contributed by atoms with Crippen LogP contribution in [0.4, 0.5) is 5.69 Å². The fourth-order valence-corrected chi connectivity index (χ4v) is 6.79. The van der Waals surface area contributed by atoms with Crippen LogP contribution in [0, 0.1) is 0 Å². The molecular formula is C26H23N3O3S2. The van der Waals surface area contributed by atoms with Crippen LogP contribution < -0.4 is 9.11 Å². The topological polar surface area (TPSA) is 71.7 Å². The molecule has 172 valence electrons. The highest BCUT2D eigenvalue weighted by molar-refractivity contribution is 7.92. The summed E-state index contributed by atoms with van der Waals surface area (Å²) in [6.07, 6.45) is 3.40. The van der Waals surface area contributed by atoms with Crippen molar-refractivity contribution in [2.75, 3.05) is 10.8 Å². The molecule has 0 spiro atoms. The Balaban J connectivity index is 1.46.